The van der Waals surface area contributed by atoms with Crippen molar-refractivity contribution >= 4 is 38.8 Å². The Morgan fingerprint density at radius 2 is 1.63 bits per heavy atom. The Balaban J connectivity index is 1.23. The minimum Gasteiger partial charge on any atom is -0.366 e. The van der Waals surface area contributed by atoms with Gasteiger partial charge in [-0.2, -0.15) is 17.5 Å². The van der Waals surface area contributed by atoms with Crippen LogP contribution in [0.4, 0.5) is 29.2 Å². The van der Waals surface area contributed by atoms with E-state index >= 15 is 0 Å². The number of piperazine rings is 1. The molecule has 2 saturated heterocycles. The van der Waals surface area contributed by atoms with Crippen LogP contribution in [-0.2, 0) is 27.4 Å². The summed E-state index contributed by atoms with van der Waals surface area (Å²) in [5.41, 5.74) is 1.09. The number of sulfonamides is 1. The monoisotopic (exact) mass is 673 g/mol. The van der Waals surface area contributed by atoms with Crippen LogP contribution >= 0.6 is 11.3 Å². The van der Waals surface area contributed by atoms with E-state index in [1.54, 1.807) is 35.7 Å². The lowest BCUT2D eigenvalue weighted by Gasteiger charge is -2.36. The van der Waals surface area contributed by atoms with E-state index in [0.29, 0.717) is 67.6 Å². The number of hydrogen-bond acceptors (Lipinski definition) is 8. The maximum Gasteiger partial charge on any atom is 0.416 e. The highest BCUT2D eigenvalue weighted by Crippen LogP contribution is 2.32. The maximum atomic E-state index is 14.4. The second kappa shape index (κ2) is 13.1. The van der Waals surface area contributed by atoms with Crippen LogP contribution in [0.5, 0.6) is 0 Å². The lowest BCUT2D eigenvalue weighted by molar-refractivity contribution is -0.137. The molecule has 2 aromatic carbocycles. The molecule has 0 N–H and O–H groups in total. The highest BCUT2D eigenvalue weighted by Gasteiger charge is 2.39. The van der Waals surface area contributed by atoms with Crippen LogP contribution < -0.4 is 9.80 Å². The van der Waals surface area contributed by atoms with E-state index < -0.39 is 27.8 Å². The minimum absolute atomic E-state index is 0.0328. The van der Waals surface area contributed by atoms with Gasteiger partial charge in [-0.25, -0.2) is 22.8 Å². The average molecular weight is 674 g/mol. The zero-order valence-corrected chi connectivity index (χ0v) is 26.3. The first-order valence-corrected chi connectivity index (χ1v) is 17.2. The molecule has 2 aliphatic rings. The van der Waals surface area contributed by atoms with Crippen molar-refractivity contribution in [2.75, 3.05) is 42.5 Å². The molecule has 46 heavy (non-hydrogen) atoms. The van der Waals surface area contributed by atoms with E-state index in [1.165, 1.54) is 28.6 Å². The van der Waals surface area contributed by atoms with Gasteiger partial charge in [-0.1, -0.05) is 30.3 Å². The first kappa shape index (κ1) is 32.1. The molecule has 14 heteroatoms. The summed E-state index contributed by atoms with van der Waals surface area (Å²) in [5.74, 6) is -0.171. The summed E-state index contributed by atoms with van der Waals surface area (Å²) in [4.78, 5) is 26.7. The molecular weight excluding hydrogens is 643 g/mol. The number of anilines is 2. The van der Waals surface area contributed by atoms with Crippen LogP contribution in [-0.4, -0.2) is 67.2 Å². The third-order valence-electron chi connectivity index (χ3n) is 8.29. The van der Waals surface area contributed by atoms with Crippen LogP contribution in [0.15, 0.2) is 76.3 Å². The van der Waals surface area contributed by atoms with Gasteiger partial charge in [0.25, 0.3) is 10.0 Å². The highest BCUT2D eigenvalue weighted by molar-refractivity contribution is 7.91. The Labute approximate surface area is 268 Å². The van der Waals surface area contributed by atoms with Crippen molar-refractivity contribution in [3.8, 4) is 11.3 Å². The van der Waals surface area contributed by atoms with Crippen LogP contribution in [0.1, 0.15) is 30.5 Å². The van der Waals surface area contributed by atoms with Crippen LogP contribution in [0, 0.1) is 5.82 Å². The smallest absolute Gasteiger partial charge is 0.366 e. The van der Waals surface area contributed by atoms with E-state index in [-0.39, 0.29) is 35.2 Å². The molecule has 0 radical (unpaired) electrons. The van der Waals surface area contributed by atoms with Gasteiger partial charge in [0.2, 0.25) is 5.95 Å². The molecule has 4 aromatic rings. The Bertz CT molecular complexity index is 1790. The Hall–Kier alpha value is -3.88. The van der Waals surface area contributed by atoms with Crippen LogP contribution in [0.3, 0.4) is 0 Å². The number of aryl methyl sites for hydroxylation is 1. The fourth-order valence-corrected chi connectivity index (χ4v) is 8.68. The number of thiophene rings is 1. The molecule has 1 atom stereocenters. The van der Waals surface area contributed by atoms with E-state index in [4.69, 9.17) is 4.98 Å². The largest absolute Gasteiger partial charge is 0.416 e. The molecule has 2 aliphatic heterocycles. The van der Waals surface area contributed by atoms with Gasteiger partial charge in [0.15, 0.2) is 5.78 Å². The zero-order chi connectivity index (χ0) is 32.5. The zero-order valence-electron chi connectivity index (χ0n) is 24.7. The molecule has 2 fully saturated rings. The second-order valence-electron chi connectivity index (χ2n) is 11.2. The third kappa shape index (κ3) is 6.79. The van der Waals surface area contributed by atoms with Crippen molar-refractivity contribution in [3.05, 3.63) is 89.2 Å². The Morgan fingerprint density at radius 3 is 2.30 bits per heavy atom. The summed E-state index contributed by atoms with van der Waals surface area (Å²) < 4.78 is 81.9. The van der Waals surface area contributed by atoms with Crippen molar-refractivity contribution in [1.29, 1.82) is 0 Å². The number of aromatic nitrogens is 2. The number of carbonyl (C=O) groups is 1. The molecule has 0 bridgehead atoms. The number of halogens is 4. The Kier molecular flexibility index (Phi) is 9.12. The van der Waals surface area contributed by atoms with Gasteiger partial charge in [0, 0.05) is 50.4 Å². The van der Waals surface area contributed by atoms with Crippen molar-refractivity contribution in [1.82, 2.24) is 14.3 Å². The average Bonchev–Trinajstić information content (AvgIpc) is 3.78. The molecule has 2 aromatic heterocycles. The van der Waals surface area contributed by atoms with E-state index in [0.717, 1.165) is 23.5 Å². The number of hydrogen-bond donors (Lipinski definition) is 0. The molecule has 6 rings (SSSR count). The van der Waals surface area contributed by atoms with Crippen LogP contribution in [0.25, 0.3) is 11.3 Å². The molecule has 242 valence electrons. The standard InChI is InChI=1S/C32H31F4N5O3S2/c33-25-5-1-2-6-27(25)39-16-18-40(19-17-39)31-37-24(21-26(38-31)22-9-11-23(12-10-22)32(34,35)36)13-14-29(42)28-7-3-15-41(28)46(43,44)30-8-4-20-45-30/h1-2,4-6,8-12,20-21,28H,3,7,13-19H2/t28-/m0/s1. The first-order valence-electron chi connectivity index (χ1n) is 14.9. The number of alkyl halides is 3. The molecular formula is C32H31F4N5O3S2. The van der Waals surface area contributed by atoms with E-state index in [2.05, 4.69) is 4.98 Å². The first-order chi connectivity index (χ1) is 22.0. The number of rotatable bonds is 9. The van der Waals surface area contributed by atoms with Gasteiger partial charge in [-0.05, 0) is 61.0 Å². The van der Waals surface area contributed by atoms with Gasteiger partial charge < -0.3 is 9.80 Å². The Morgan fingerprint density at radius 1 is 0.913 bits per heavy atom. The lowest BCUT2D eigenvalue weighted by Crippen LogP contribution is -2.47. The fourth-order valence-electron chi connectivity index (χ4n) is 5.88. The predicted octanol–water partition coefficient (Wildman–Crippen LogP) is 6.04. The summed E-state index contributed by atoms with van der Waals surface area (Å²) in [6.07, 6.45) is -3.24. The number of Topliss-reactive ketones (excluding diaryl/α,β-unsaturated/α-hetero) is 1. The summed E-state index contributed by atoms with van der Waals surface area (Å²) >= 11 is 1.11. The number of nitrogens with zero attached hydrogens (tertiary/aromatic N) is 5. The molecule has 0 aliphatic carbocycles. The van der Waals surface area contributed by atoms with Gasteiger partial charge in [-0.15, -0.1) is 11.3 Å². The highest BCUT2D eigenvalue weighted by atomic mass is 32.2. The molecule has 8 nitrogen and oxygen atoms in total. The number of carbonyl (C=O) groups excluding carboxylic acids is 1. The van der Waals surface area contributed by atoms with Crippen molar-refractivity contribution in [2.24, 2.45) is 0 Å². The molecule has 0 amide bonds. The summed E-state index contributed by atoms with van der Waals surface area (Å²) in [7, 11) is -3.79. The lowest BCUT2D eigenvalue weighted by atomic mass is 10.0. The third-order valence-corrected chi connectivity index (χ3v) is 11.6. The maximum absolute atomic E-state index is 14.4. The summed E-state index contributed by atoms with van der Waals surface area (Å²) in [6.45, 7) is 2.21. The second-order valence-corrected chi connectivity index (χ2v) is 14.3. The normalized spacial score (nSPS) is 17.9. The van der Waals surface area contributed by atoms with Crippen molar-refractivity contribution in [3.63, 3.8) is 0 Å². The number of para-hydroxylation sites is 1. The molecule has 0 saturated carbocycles. The van der Waals surface area contributed by atoms with E-state index in [1.807, 2.05) is 9.80 Å². The van der Waals surface area contributed by atoms with Gasteiger partial charge in [0.1, 0.15) is 10.0 Å². The number of ketones is 1. The SMILES string of the molecule is O=C(CCc1cc(-c2ccc(C(F)(F)F)cc2)nc(N2CCN(c3ccccc3F)CC2)n1)[C@@H]1CCCN1S(=O)(=O)c1cccs1. The predicted molar refractivity (Wildman–Crippen MR) is 168 cm³/mol. The number of benzene rings is 2. The van der Waals surface area contributed by atoms with Gasteiger partial charge in [0.05, 0.1) is 23.0 Å². The fraction of sp³-hybridized carbons (Fsp3) is 0.344. The molecule has 0 spiro atoms. The topological polar surface area (TPSA) is 86.7 Å². The van der Waals surface area contributed by atoms with Gasteiger partial charge >= 0.3 is 6.18 Å². The van der Waals surface area contributed by atoms with Crippen LogP contribution in [0.2, 0.25) is 0 Å². The summed E-state index contributed by atoms with van der Waals surface area (Å²) in [5, 5.41) is 1.68. The molecule has 0 unspecified atom stereocenters. The van der Waals surface area contributed by atoms with Crippen molar-refractivity contribution in [2.45, 2.75) is 42.1 Å². The van der Waals surface area contributed by atoms with Crippen molar-refractivity contribution < 1.29 is 30.8 Å². The quantitative estimate of drug-likeness (QED) is 0.200. The minimum atomic E-state index is -4.48. The molecule has 4 heterocycles. The summed E-state index contributed by atoms with van der Waals surface area (Å²) in [6, 6.07) is 15.3. The van der Waals surface area contributed by atoms with E-state index in [9.17, 15) is 30.8 Å². The van der Waals surface area contributed by atoms with Gasteiger partial charge in [-0.3, -0.25) is 4.79 Å².